The summed E-state index contributed by atoms with van der Waals surface area (Å²) in [6, 6.07) is 18.6. The fourth-order valence-corrected chi connectivity index (χ4v) is 10.1. The van der Waals surface area contributed by atoms with Crippen LogP contribution in [0.25, 0.3) is 11.1 Å². The third kappa shape index (κ3) is 11.3. The lowest BCUT2D eigenvalue weighted by Gasteiger charge is -2.37. The summed E-state index contributed by atoms with van der Waals surface area (Å²) < 4.78 is 11.6. The van der Waals surface area contributed by atoms with E-state index in [1.165, 1.54) is 11.6 Å². The van der Waals surface area contributed by atoms with Crippen molar-refractivity contribution in [2.45, 2.75) is 91.4 Å². The largest absolute Gasteiger partial charge is 0.493 e. The van der Waals surface area contributed by atoms with Gasteiger partial charge in [-0.25, -0.2) is 0 Å². The summed E-state index contributed by atoms with van der Waals surface area (Å²) in [4.78, 5) is 101. The highest BCUT2D eigenvalue weighted by Gasteiger charge is 2.46. The Morgan fingerprint density at radius 1 is 0.843 bits per heavy atom. The molecule has 3 fully saturated rings. The predicted molar refractivity (Wildman–Crippen MR) is 264 cm³/mol. The Kier molecular flexibility index (Phi) is 15.9. The van der Waals surface area contributed by atoms with Crippen molar-refractivity contribution in [1.29, 1.82) is 0 Å². The number of ether oxygens (including phenoxy) is 2. The van der Waals surface area contributed by atoms with Crippen molar-refractivity contribution >= 4 is 41.1 Å². The van der Waals surface area contributed by atoms with Crippen molar-refractivity contribution in [3.05, 3.63) is 116 Å². The average molecular weight is 957 g/mol. The number of carbonyl (C=O) groups excluding carboxylic acids is 6. The Hall–Kier alpha value is -6.69. The molecule has 4 aromatic rings. The number of nitrogens with one attached hydrogen (secondary N) is 4. The van der Waals surface area contributed by atoms with Crippen LogP contribution in [-0.4, -0.2) is 133 Å². The summed E-state index contributed by atoms with van der Waals surface area (Å²) in [7, 11) is 0. The van der Waals surface area contributed by atoms with Crippen LogP contribution < -0.4 is 31.1 Å². The second-order valence-electron chi connectivity index (χ2n) is 18.7. The van der Waals surface area contributed by atoms with Gasteiger partial charge in [-0.3, -0.25) is 53.6 Å². The molecule has 0 aliphatic carbocycles. The number of carbonyl (C=O) groups is 6. The highest BCUT2D eigenvalue weighted by Crippen LogP contribution is 2.36. The number of amides is 6. The van der Waals surface area contributed by atoms with E-state index in [1.807, 2.05) is 32.9 Å². The van der Waals surface area contributed by atoms with Gasteiger partial charge in [-0.05, 0) is 118 Å². The number of fused-ring (bicyclic) bond motifs is 1. The molecule has 6 amide bonds. The molecular formula is C53H64N8O9. The molecule has 8 rings (SSSR count). The number of aryl methyl sites for hydroxylation is 2. The Labute approximate surface area is 408 Å². The minimum atomic E-state index is -1.05. The van der Waals surface area contributed by atoms with E-state index < -0.39 is 29.7 Å². The van der Waals surface area contributed by atoms with Gasteiger partial charge in [-0.2, -0.15) is 0 Å². The molecule has 17 heteroatoms. The molecule has 1 aromatic heterocycles. The van der Waals surface area contributed by atoms with Crippen molar-refractivity contribution in [3.8, 4) is 16.9 Å². The molecule has 0 radical (unpaired) electrons. The van der Waals surface area contributed by atoms with Crippen LogP contribution in [0.15, 0.2) is 65.5 Å². The highest BCUT2D eigenvalue weighted by molar-refractivity contribution is 6.24. The first-order chi connectivity index (χ1) is 33.8. The minimum Gasteiger partial charge on any atom is -0.493 e. The number of hydrogen-bond acceptors (Lipinski definition) is 12. The summed E-state index contributed by atoms with van der Waals surface area (Å²) in [5, 5.41) is 8.25. The molecule has 70 heavy (non-hydrogen) atoms. The van der Waals surface area contributed by atoms with E-state index in [9.17, 15) is 33.6 Å². The fraction of sp³-hybridized carbons (Fsp3) is 0.453. The van der Waals surface area contributed by atoms with Crippen LogP contribution in [0.5, 0.6) is 5.75 Å². The van der Waals surface area contributed by atoms with E-state index in [2.05, 4.69) is 72.9 Å². The molecule has 5 heterocycles. The highest BCUT2D eigenvalue weighted by atomic mass is 16.5. The molecule has 4 aliphatic rings. The van der Waals surface area contributed by atoms with Crippen molar-refractivity contribution < 1.29 is 38.2 Å². The van der Waals surface area contributed by atoms with Crippen LogP contribution in [0.4, 0.5) is 5.69 Å². The summed E-state index contributed by atoms with van der Waals surface area (Å²) in [5.74, 6) is -2.31. The Morgan fingerprint density at radius 3 is 2.30 bits per heavy atom. The minimum absolute atomic E-state index is 0.0433. The molecule has 1 unspecified atom stereocenters. The quantitative estimate of drug-likeness (QED) is 0.0811. The zero-order chi connectivity index (χ0) is 49.5. The van der Waals surface area contributed by atoms with Crippen molar-refractivity contribution in [1.82, 2.24) is 35.6 Å². The lowest BCUT2D eigenvalue weighted by Crippen LogP contribution is -2.54. The van der Waals surface area contributed by atoms with Crippen LogP contribution >= 0.6 is 0 Å². The number of benzene rings is 3. The predicted octanol–water partition coefficient (Wildman–Crippen LogP) is 4.40. The zero-order valence-electron chi connectivity index (χ0n) is 40.6. The number of H-pyrrole nitrogens is 1. The van der Waals surface area contributed by atoms with Crippen molar-refractivity contribution in [3.63, 3.8) is 0 Å². The zero-order valence-corrected chi connectivity index (χ0v) is 40.6. The van der Waals surface area contributed by atoms with E-state index >= 15 is 0 Å². The monoisotopic (exact) mass is 956 g/mol. The van der Waals surface area contributed by atoms with E-state index in [0.717, 1.165) is 90.6 Å². The van der Waals surface area contributed by atoms with E-state index in [1.54, 1.807) is 12.1 Å². The number of aromatic nitrogens is 1. The number of rotatable bonds is 18. The number of anilines is 1. The molecule has 0 bridgehead atoms. The number of pyridine rings is 1. The first kappa shape index (κ1) is 49.7. The Bertz CT molecular complexity index is 2690. The lowest BCUT2D eigenvalue weighted by atomic mass is 9.94. The van der Waals surface area contributed by atoms with Gasteiger partial charge in [0.15, 0.2) is 0 Å². The second-order valence-corrected chi connectivity index (χ2v) is 18.7. The summed E-state index contributed by atoms with van der Waals surface area (Å²) in [6.45, 7) is 15.2. The molecule has 3 saturated heterocycles. The fourth-order valence-electron chi connectivity index (χ4n) is 10.1. The van der Waals surface area contributed by atoms with Gasteiger partial charge < -0.3 is 30.0 Å². The van der Waals surface area contributed by atoms with Crippen molar-refractivity contribution in [2.75, 3.05) is 70.5 Å². The van der Waals surface area contributed by atoms with E-state index in [-0.39, 0.29) is 60.2 Å². The Balaban J connectivity index is 0.801. The summed E-state index contributed by atoms with van der Waals surface area (Å²) in [5.41, 5.74) is 7.87. The van der Waals surface area contributed by atoms with Crippen LogP contribution in [0.2, 0.25) is 0 Å². The number of imide groups is 2. The average Bonchev–Trinajstić information content (AvgIpc) is 3.60. The maximum atomic E-state index is 14.0. The van der Waals surface area contributed by atoms with Gasteiger partial charge >= 0.3 is 0 Å². The SMILES string of the molecule is CCN(c1cc(-c2ccc(CN3CCN(CC(=O)NCCCCOc4cccc5c4C(=O)N(C4CCC(=O)NC4=O)C5=O)CC3)cc2)cc(C(=O)NCc2c(C)cc(C)[nH]c2=O)c1C)C1CCOCC1. The van der Waals surface area contributed by atoms with Gasteiger partial charge in [0.05, 0.1) is 24.3 Å². The molecular weight excluding hydrogens is 893 g/mol. The topological polar surface area (TPSA) is 203 Å². The standard InChI is InChI=1S/C53H64N8O9/c1-5-60(39-17-25-69-26-18-39)44-29-38(28-41(35(44)4)49(64)55-30-42-33(2)27-34(3)56-50(42)65)37-13-11-36(12-14-37)31-58-20-22-59(23-21-58)32-47(63)54-19-6-7-24-70-45-10-8-9-40-48(45)53(68)61(52(40)67)43-15-16-46(62)57-51(43)66/h8-14,27-29,39,43H,5-7,15-26,30-32H2,1-4H3,(H,54,63)(H,55,64)(H,56,65)(H,57,62,66). The van der Waals surface area contributed by atoms with Gasteiger partial charge in [-0.1, -0.05) is 30.3 Å². The van der Waals surface area contributed by atoms with Crippen molar-refractivity contribution in [2.24, 2.45) is 0 Å². The van der Waals surface area contributed by atoms with Gasteiger partial charge in [0.25, 0.3) is 23.3 Å². The third-order valence-corrected chi connectivity index (χ3v) is 13.9. The van der Waals surface area contributed by atoms with Gasteiger partial charge in [0, 0.05) is 101 Å². The first-order valence-electron chi connectivity index (χ1n) is 24.5. The summed E-state index contributed by atoms with van der Waals surface area (Å²) in [6.07, 6.45) is 3.19. The first-order valence-corrected chi connectivity index (χ1v) is 24.5. The van der Waals surface area contributed by atoms with E-state index in [0.29, 0.717) is 56.3 Å². The van der Waals surface area contributed by atoms with Crippen LogP contribution in [0, 0.1) is 20.8 Å². The number of hydrogen-bond donors (Lipinski definition) is 4. The maximum Gasteiger partial charge on any atom is 0.266 e. The molecule has 0 saturated carbocycles. The van der Waals surface area contributed by atoms with Crippen LogP contribution in [0.1, 0.15) is 104 Å². The molecule has 4 N–H and O–H groups in total. The van der Waals surface area contributed by atoms with E-state index in [4.69, 9.17) is 9.47 Å². The molecule has 3 aromatic carbocycles. The molecule has 17 nitrogen and oxygen atoms in total. The number of nitrogens with zero attached hydrogens (tertiary/aromatic N) is 4. The molecule has 370 valence electrons. The van der Waals surface area contributed by atoms with Gasteiger partial charge in [0.2, 0.25) is 17.7 Å². The smallest absolute Gasteiger partial charge is 0.266 e. The summed E-state index contributed by atoms with van der Waals surface area (Å²) >= 11 is 0. The normalized spacial score (nSPS) is 17.9. The number of piperidine rings is 1. The molecule has 0 spiro atoms. The van der Waals surface area contributed by atoms with Gasteiger partial charge in [-0.15, -0.1) is 0 Å². The maximum absolute atomic E-state index is 14.0. The number of piperazine rings is 1. The third-order valence-electron chi connectivity index (χ3n) is 13.9. The number of aromatic amines is 1. The Morgan fingerprint density at radius 2 is 1.59 bits per heavy atom. The molecule has 1 atom stereocenters. The number of unbranched alkanes of at least 4 members (excludes halogenated alkanes) is 1. The van der Waals surface area contributed by atoms with Gasteiger partial charge in [0.1, 0.15) is 11.8 Å². The van der Waals surface area contributed by atoms with Crippen LogP contribution in [0.3, 0.4) is 0 Å². The second kappa shape index (κ2) is 22.4. The molecule has 4 aliphatic heterocycles. The lowest BCUT2D eigenvalue weighted by molar-refractivity contribution is -0.136. The van der Waals surface area contributed by atoms with Crippen LogP contribution in [-0.2, 0) is 32.2 Å².